The van der Waals surface area contributed by atoms with Crippen molar-refractivity contribution in [2.75, 3.05) is 6.54 Å². The molecule has 0 bridgehead atoms. The van der Waals surface area contributed by atoms with Crippen molar-refractivity contribution in [3.63, 3.8) is 0 Å². The highest BCUT2D eigenvalue weighted by Gasteiger charge is 2.36. The van der Waals surface area contributed by atoms with Gasteiger partial charge in [0.2, 0.25) is 0 Å². The SMILES string of the molecule is O=C(O)c1cccc(-c2ccc(/C=C3\SC(=O)N(CC4CCCCC4)C3=O)o2)c1. The Morgan fingerprint density at radius 2 is 1.97 bits per heavy atom. The molecular weight excluding hydrogens is 390 g/mol. The first-order chi connectivity index (χ1) is 14.0. The summed E-state index contributed by atoms with van der Waals surface area (Å²) in [5.74, 6) is 0.0691. The predicted molar refractivity (Wildman–Crippen MR) is 110 cm³/mol. The van der Waals surface area contributed by atoms with Crippen LogP contribution < -0.4 is 0 Å². The third-order valence-corrected chi connectivity index (χ3v) is 6.24. The van der Waals surface area contributed by atoms with Crippen LogP contribution in [0.2, 0.25) is 0 Å². The lowest BCUT2D eigenvalue weighted by Gasteiger charge is -2.25. The fourth-order valence-electron chi connectivity index (χ4n) is 3.81. The lowest BCUT2D eigenvalue weighted by atomic mass is 9.89. The molecule has 1 N–H and O–H groups in total. The maximum absolute atomic E-state index is 12.7. The van der Waals surface area contributed by atoms with E-state index in [9.17, 15) is 14.4 Å². The molecule has 0 atom stereocenters. The number of nitrogens with zero attached hydrogens (tertiary/aromatic N) is 1. The monoisotopic (exact) mass is 411 g/mol. The van der Waals surface area contributed by atoms with Gasteiger partial charge < -0.3 is 9.52 Å². The van der Waals surface area contributed by atoms with Crippen LogP contribution in [0, 0.1) is 5.92 Å². The molecule has 2 heterocycles. The molecule has 29 heavy (non-hydrogen) atoms. The number of aromatic carboxylic acids is 1. The molecule has 2 fully saturated rings. The summed E-state index contributed by atoms with van der Waals surface area (Å²) >= 11 is 0.937. The van der Waals surface area contributed by atoms with Crippen molar-refractivity contribution < 1.29 is 23.9 Å². The number of hydrogen-bond acceptors (Lipinski definition) is 5. The summed E-state index contributed by atoms with van der Waals surface area (Å²) in [6, 6.07) is 9.88. The number of carboxylic acids is 1. The first kappa shape index (κ1) is 19.5. The van der Waals surface area contributed by atoms with Crippen molar-refractivity contribution in [2.45, 2.75) is 32.1 Å². The third-order valence-electron chi connectivity index (χ3n) is 5.33. The third kappa shape index (κ3) is 4.29. The van der Waals surface area contributed by atoms with E-state index in [1.54, 1.807) is 30.3 Å². The molecule has 0 unspecified atom stereocenters. The second-order valence-electron chi connectivity index (χ2n) is 7.38. The Morgan fingerprint density at radius 1 is 1.17 bits per heavy atom. The second-order valence-corrected chi connectivity index (χ2v) is 8.38. The van der Waals surface area contributed by atoms with Crippen LogP contribution in [0.4, 0.5) is 4.79 Å². The summed E-state index contributed by atoms with van der Waals surface area (Å²) in [5, 5.41) is 8.90. The smallest absolute Gasteiger partial charge is 0.335 e. The van der Waals surface area contributed by atoms with Crippen LogP contribution in [-0.4, -0.2) is 33.7 Å². The van der Waals surface area contributed by atoms with Crippen LogP contribution in [0.1, 0.15) is 48.2 Å². The molecule has 2 aliphatic rings. The molecule has 1 aliphatic heterocycles. The van der Waals surface area contributed by atoms with Gasteiger partial charge >= 0.3 is 5.97 Å². The molecule has 6 nitrogen and oxygen atoms in total. The molecule has 0 radical (unpaired) electrons. The average molecular weight is 411 g/mol. The minimum absolute atomic E-state index is 0.171. The number of carbonyl (C=O) groups excluding carboxylic acids is 2. The Labute approximate surface area is 172 Å². The maximum Gasteiger partial charge on any atom is 0.335 e. The van der Waals surface area contributed by atoms with Gasteiger partial charge in [-0.2, -0.15) is 0 Å². The number of imide groups is 1. The van der Waals surface area contributed by atoms with Crippen molar-refractivity contribution >= 4 is 35.0 Å². The minimum Gasteiger partial charge on any atom is -0.478 e. The van der Waals surface area contributed by atoms with E-state index in [0.29, 0.717) is 34.5 Å². The molecule has 7 heteroatoms. The van der Waals surface area contributed by atoms with E-state index in [4.69, 9.17) is 9.52 Å². The van der Waals surface area contributed by atoms with E-state index in [-0.39, 0.29) is 16.7 Å². The van der Waals surface area contributed by atoms with Gasteiger partial charge in [0.15, 0.2) is 0 Å². The zero-order valence-corrected chi connectivity index (χ0v) is 16.6. The van der Waals surface area contributed by atoms with Crippen LogP contribution in [0.25, 0.3) is 17.4 Å². The zero-order valence-electron chi connectivity index (χ0n) is 15.8. The summed E-state index contributed by atoms with van der Waals surface area (Å²) < 4.78 is 5.77. The molecule has 1 aliphatic carbocycles. The van der Waals surface area contributed by atoms with Crippen molar-refractivity contribution in [1.82, 2.24) is 4.90 Å². The van der Waals surface area contributed by atoms with Crippen LogP contribution in [-0.2, 0) is 4.79 Å². The van der Waals surface area contributed by atoms with Crippen LogP contribution in [0.15, 0.2) is 45.7 Å². The van der Waals surface area contributed by atoms with E-state index in [1.807, 2.05) is 0 Å². The molecule has 0 spiro atoms. The number of thioether (sulfide) groups is 1. The highest BCUT2D eigenvalue weighted by molar-refractivity contribution is 8.18. The fourth-order valence-corrected chi connectivity index (χ4v) is 4.63. The van der Waals surface area contributed by atoms with Gasteiger partial charge in [0.05, 0.1) is 10.5 Å². The van der Waals surface area contributed by atoms with Gasteiger partial charge in [0.25, 0.3) is 11.1 Å². The van der Waals surface area contributed by atoms with Crippen molar-refractivity contribution in [2.24, 2.45) is 5.92 Å². The van der Waals surface area contributed by atoms with Gasteiger partial charge in [0, 0.05) is 18.2 Å². The largest absolute Gasteiger partial charge is 0.478 e. The van der Waals surface area contributed by atoms with E-state index in [0.717, 1.165) is 37.4 Å². The normalized spacial score (nSPS) is 19.3. The summed E-state index contributed by atoms with van der Waals surface area (Å²) in [4.78, 5) is 37.9. The number of furan rings is 1. The number of rotatable bonds is 5. The van der Waals surface area contributed by atoms with Crippen molar-refractivity contribution in [3.05, 3.63) is 52.6 Å². The Hall–Kier alpha value is -2.80. The number of amides is 2. The van der Waals surface area contributed by atoms with Gasteiger partial charge in [0.1, 0.15) is 11.5 Å². The van der Waals surface area contributed by atoms with Gasteiger partial charge in [-0.25, -0.2) is 4.79 Å². The van der Waals surface area contributed by atoms with Gasteiger partial charge in [-0.15, -0.1) is 0 Å². The van der Waals surface area contributed by atoms with Crippen LogP contribution in [0.3, 0.4) is 0 Å². The minimum atomic E-state index is -1.01. The lowest BCUT2D eigenvalue weighted by molar-refractivity contribution is -0.123. The van der Waals surface area contributed by atoms with Gasteiger partial charge in [-0.05, 0) is 54.8 Å². The van der Waals surface area contributed by atoms with Crippen molar-refractivity contribution in [1.29, 1.82) is 0 Å². The Morgan fingerprint density at radius 3 is 2.72 bits per heavy atom. The van der Waals surface area contributed by atoms with Crippen molar-refractivity contribution in [3.8, 4) is 11.3 Å². The van der Waals surface area contributed by atoms with E-state index < -0.39 is 5.97 Å². The summed E-state index contributed by atoms with van der Waals surface area (Å²) in [5.41, 5.74) is 0.805. The topological polar surface area (TPSA) is 87.8 Å². The Balaban J connectivity index is 1.50. The van der Waals surface area contributed by atoms with Gasteiger partial charge in [-0.3, -0.25) is 14.5 Å². The maximum atomic E-state index is 12.7. The standard InChI is InChI=1S/C22H21NO5S/c24-20-19(29-22(27)23(20)13-14-5-2-1-3-6-14)12-17-9-10-18(28-17)15-7-4-8-16(11-15)21(25)26/h4,7-12,14H,1-3,5-6,13H2,(H,25,26)/b19-12-. The molecule has 4 rings (SSSR count). The Bertz CT molecular complexity index is 987. The zero-order chi connectivity index (χ0) is 20.4. The quantitative estimate of drug-likeness (QED) is 0.675. The molecule has 1 saturated heterocycles. The highest BCUT2D eigenvalue weighted by Crippen LogP contribution is 2.35. The summed E-state index contributed by atoms with van der Waals surface area (Å²) in [6.07, 6.45) is 7.27. The summed E-state index contributed by atoms with van der Waals surface area (Å²) in [6.45, 7) is 0.493. The summed E-state index contributed by atoms with van der Waals surface area (Å²) in [7, 11) is 0. The fraction of sp³-hybridized carbons (Fsp3) is 0.318. The first-order valence-corrected chi connectivity index (χ1v) is 10.5. The number of carbonyl (C=O) groups is 3. The average Bonchev–Trinajstić information content (AvgIpc) is 3.29. The first-order valence-electron chi connectivity index (χ1n) is 9.70. The highest BCUT2D eigenvalue weighted by atomic mass is 32.2. The number of benzene rings is 1. The molecular formula is C22H21NO5S. The molecule has 2 aromatic rings. The predicted octanol–water partition coefficient (Wildman–Crippen LogP) is 5.26. The van der Waals surface area contributed by atoms with Gasteiger partial charge in [-0.1, -0.05) is 31.4 Å². The molecule has 2 amide bonds. The molecule has 1 aromatic heterocycles. The number of hydrogen-bond donors (Lipinski definition) is 1. The van der Waals surface area contributed by atoms with E-state index >= 15 is 0 Å². The molecule has 150 valence electrons. The number of carboxylic acid groups (broad SMARTS) is 1. The van der Waals surface area contributed by atoms with Crippen LogP contribution >= 0.6 is 11.8 Å². The lowest BCUT2D eigenvalue weighted by Crippen LogP contribution is -2.34. The van der Waals surface area contributed by atoms with Crippen LogP contribution in [0.5, 0.6) is 0 Å². The Kier molecular flexibility index (Phi) is 5.58. The molecule has 1 aromatic carbocycles. The van der Waals surface area contributed by atoms with E-state index in [1.165, 1.54) is 23.5 Å². The second kappa shape index (κ2) is 8.29. The van der Waals surface area contributed by atoms with E-state index in [2.05, 4.69) is 0 Å². The molecule has 1 saturated carbocycles.